The van der Waals surface area contributed by atoms with E-state index in [-0.39, 0.29) is 5.56 Å². The van der Waals surface area contributed by atoms with Crippen LogP contribution in [0.5, 0.6) is 5.75 Å². The first-order valence-electron chi connectivity index (χ1n) is 4.62. The maximum absolute atomic E-state index is 13.1. The summed E-state index contributed by atoms with van der Waals surface area (Å²) in [5.74, 6) is -3.17. The van der Waals surface area contributed by atoms with Gasteiger partial charge in [-0.1, -0.05) is 29.3 Å². The van der Waals surface area contributed by atoms with E-state index < -0.39 is 17.4 Å². The molecule has 1 nitrogen and oxygen atoms in total. The molecule has 0 unspecified atom stereocenters. The number of rotatable bonds is 1. The van der Waals surface area contributed by atoms with E-state index in [1.807, 2.05) is 0 Å². The Bertz CT molecular complexity index is 562. The summed E-state index contributed by atoms with van der Waals surface area (Å²) >= 11 is 11.7. The van der Waals surface area contributed by atoms with Crippen LogP contribution >= 0.6 is 23.2 Å². The van der Waals surface area contributed by atoms with Crippen LogP contribution in [0, 0.1) is 11.6 Å². The van der Waals surface area contributed by atoms with Crippen molar-refractivity contribution < 1.29 is 13.9 Å². The van der Waals surface area contributed by atoms with E-state index >= 15 is 0 Å². The minimum atomic E-state index is -1.28. The van der Waals surface area contributed by atoms with Gasteiger partial charge in [0.25, 0.3) is 0 Å². The molecule has 0 amide bonds. The van der Waals surface area contributed by atoms with Gasteiger partial charge in [0.15, 0.2) is 17.4 Å². The van der Waals surface area contributed by atoms with Crippen molar-refractivity contribution in [3.8, 4) is 16.9 Å². The minimum absolute atomic E-state index is 0.281. The summed E-state index contributed by atoms with van der Waals surface area (Å²) in [6.07, 6.45) is 0. The van der Waals surface area contributed by atoms with Gasteiger partial charge in [-0.15, -0.1) is 0 Å². The van der Waals surface area contributed by atoms with E-state index in [9.17, 15) is 13.9 Å². The van der Waals surface area contributed by atoms with Crippen molar-refractivity contribution in [2.45, 2.75) is 0 Å². The average Bonchev–Trinajstić information content (AvgIpc) is 2.25. The first-order chi connectivity index (χ1) is 7.99. The van der Waals surface area contributed by atoms with Crippen LogP contribution in [0.4, 0.5) is 8.78 Å². The Balaban J connectivity index is 2.61. The number of hydrogen-bond acceptors (Lipinski definition) is 1. The Hall–Kier alpha value is -1.32. The number of benzene rings is 2. The molecule has 0 aliphatic rings. The average molecular weight is 275 g/mol. The summed E-state index contributed by atoms with van der Waals surface area (Å²) in [5, 5.41) is 9.93. The Kier molecular flexibility index (Phi) is 3.22. The van der Waals surface area contributed by atoms with Crippen molar-refractivity contribution in [3.05, 3.63) is 52.0 Å². The lowest BCUT2D eigenvalue weighted by Gasteiger charge is -2.06. The first kappa shape index (κ1) is 12.1. The second-order valence-electron chi connectivity index (χ2n) is 3.42. The molecular formula is C12H6Cl2F2O. The van der Waals surface area contributed by atoms with Crippen molar-refractivity contribution in [2.24, 2.45) is 0 Å². The highest BCUT2D eigenvalue weighted by Gasteiger charge is 2.12. The molecule has 0 saturated heterocycles. The monoisotopic (exact) mass is 274 g/mol. The normalized spacial score (nSPS) is 10.6. The Morgan fingerprint density at radius 3 is 2.29 bits per heavy atom. The van der Waals surface area contributed by atoms with E-state index in [2.05, 4.69) is 0 Å². The summed E-state index contributed by atoms with van der Waals surface area (Å²) < 4.78 is 26.0. The zero-order chi connectivity index (χ0) is 12.6. The lowest BCUT2D eigenvalue weighted by molar-refractivity contribution is 0.407. The zero-order valence-electron chi connectivity index (χ0n) is 8.35. The van der Waals surface area contributed by atoms with Gasteiger partial charge in [0.05, 0.1) is 0 Å². The molecule has 17 heavy (non-hydrogen) atoms. The van der Waals surface area contributed by atoms with Crippen LogP contribution in [0.15, 0.2) is 30.3 Å². The quantitative estimate of drug-likeness (QED) is 0.803. The standard InChI is InChI=1S/C12H6Cl2F2O/c13-7-1-2-8(9(14)5-7)6-3-10(15)12(16)11(17)4-6/h1-5,17H. The van der Waals surface area contributed by atoms with Gasteiger partial charge < -0.3 is 5.11 Å². The molecule has 1 N–H and O–H groups in total. The fourth-order valence-corrected chi connectivity index (χ4v) is 1.97. The van der Waals surface area contributed by atoms with Crippen molar-refractivity contribution in [1.29, 1.82) is 0 Å². The highest BCUT2D eigenvalue weighted by atomic mass is 35.5. The number of hydrogen-bond donors (Lipinski definition) is 1. The molecule has 0 fully saturated rings. The smallest absolute Gasteiger partial charge is 0.200 e. The van der Waals surface area contributed by atoms with Crippen molar-refractivity contribution in [1.82, 2.24) is 0 Å². The summed E-state index contributed by atoms with van der Waals surface area (Å²) in [6.45, 7) is 0. The summed E-state index contributed by atoms with van der Waals surface area (Å²) in [7, 11) is 0. The van der Waals surface area contributed by atoms with E-state index in [1.165, 1.54) is 6.07 Å². The Labute approximate surface area is 106 Å². The maximum Gasteiger partial charge on any atom is 0.200 e. The predicted molar refractivity (Wildman–Crippen MR) is 63.5 cm³/mol. The van der Waals surface area contributed by atoms with Crippen LogP contribution in [0.2, 0.25) is 10.0 Å². The molecule has 0 saturated carbocycles. The van der Waals surface area contributed by atoms with Crippen molar-refractivity contribution in [3.63, 3.8) is 0 Å². The molecule has 0 radical (unpaired) electrons. The molecule has 0 atom stereocenters. The van der Waals surface area contributed by atoms with Crippen LogP contribution < -0.4 is 0 Å². The minimum Gasteiger partial charge on any atom is -0.505 e. The second-order valence-corrected chi connectivity index (χ2v) is 4.26. The van der Waals surface area contributed by atoms with Gasteiger partial charge in [0, 0.05) is 15.6 Å². The summed E-state index contributed by atoms with van der Waals surface area (Å²) in [6, 6.07) is 6.69. The van der Waals surface area contributed by atoms with Crippen LogP contribution in [-0.4, -0.2) is 5.11 Å². The molecule has 0 bridgehead atoms. The third kappa shape index (κ3) is 2.35. The van der Waals surface area contributed by atoms with Gasteiger partial charge in [-0.2, -0.15) is 4.39 Å². The van der Waals surface area contributed by atoms with Crippen LogP contribution in [-0.2, 0) is 0 Å². The van der Waals surface area contributed by atoms with Crippen molar-refractivity contribution in [2.75, 3.05) is 0 Å². The van der Waals surface area contributed by atoms with Gasteiger partial charge in [0.2, 0.25) is 0 Å². The van der Waals surface area contributed by atoms with Gasteiger partial charge >= 0.3 is 0 Å². The van der Waals surface area contributed by atoms with Gasteiger partial charge in [-0.3, -0.25) is 0 Å². The van der Waals surface area contributed by atoms with E-state index in [0.29, 0.717) is 15.6 Å². The van der Waals surface area contributed by atoms with Crippen molar-refractivity contribution >= 4 is 23.2 Å². The van der Waals surface area contributed by atoms with E-state index in [0.717, 1.165) is 12.1 Å². The summed E-state index contributed by atoms with van der Waals surface area (Å²) in [4.78, 5) is 0. The zero-order valence-corrected chi connectivity index (χ0v) is 9.86. The lowest BCUT2D eigenvalue weighted by Crippen LogP contribution is -1.88. The van der Waals surface area contributed by atoms with E-state index in [4.69, 9.17) is 23.2 Å². The molecule has 2 rings (SSSR count). The molecule has 0 heterocycles. The number of phenols is 1. The maximum atomic E-state index is 13.1. The topological polar surface area (TPSA) is 20.2 Å². The fourth-order valence-electron chi connectivity index (χ4n) is 1.45. The van der Waals surface area contributed by atoms with Gasteiger partial charge in [-0.25, -0.2) is 4.39 Å². The molecule has 0 aromatic heterocycles. The highest BCUT2D eigenvalue weighted by molar-refractivity contribution is 6.36. The Morgan fingerprint density at radius 1 is 1.00 bits per heavy atom. The van der Waals surface area contributed by atoms with Crippen LogP contribution in [0.25, 0.3) is 11.1 Å². The molecule has 0 aliphatic carbocycles. The lowest BCUT2D eigenvalue weighted by atomic mass is 10.1. The number of phenolic OH excluding ortho intramolecular Hbond substituents is 1. The second kappa shape index (κ2) is 4.51. The molecule has 5 heteroatoms. The Morgan fingerprint density at radius 2 is 1.71 bits per heavy atom. The SMILES string of the molecule is Oc1cc(-c2ccc(Cl)cc2Cl)cc(F)c1F. The molecule has 0 aliphatic heterocycles. The first-order valence-corrected chi connectivity index (χ1v) is 5.38. The fraction of sp³-hybridized carbons (Fsp3) is 0. The van der Waals surface area contributed by atoms with Crippen LogP contribution in [0.1, 0.15) is 0 Å². The third-order valence-corrected chi connectivity index (χ3v) is 2.80. The third-order valence-electron chi connectivity index (χ3n) is 2.25. The number of aromatic hydroxyl groups is 1. The van der Waals surface area contributed by atoms with E-state index in [1.54, 1.807) is 12.1 Å². The van der Waals surface area contributed by atoms with Gasteiger partial charge in [0.1, 0.15) is 0 Å². The largest absolute Gasteiger partial charge is 0.505 e. The molecule has 2 aromatic rings. The predicted octanol–water partition coefficient (Wildman–Crippen LogP) is 4.64. The molecule has 2 aromatic carbocycles. The summed E-state index contributed by atoms with van der Waals surface area (Å²) in [5.41, 5.74) is 0.744. The molecular weight excluding hydrogens is 269 g/mol. The molecule has 88 valence electrons. The van der Waals surface area contributed by atoms with Crippen LogP contribution in [0.3, 0.4) is 0 Å². The number of halogens is 4. The molecule has 0 spiro atoms. The highest BCUT2D eigenvalue weighted by Crippen LogP contribution is 2.33. The van der Waals surface area contributed by atoms with Gasteiger partial charge in [-0.05, 0) is 29.8 Å².